The number of hydrogen-bond donors (Lipinski definition) is 2. The first-order valence-corrected chi connectivity index (χ1v) is 7.80. The summed E-state index contributed by atoms with van der Waals surface area (Å²) >= 11 is 11.9. The molecule has 3 rings (SSSR count). The van der Waals surface area contributed by atoms with Crippen LogP contribution in [0.1, 0.15) is 12.8 Å². The Morgan fingerprint density at radius 1 is 1.18 bits per heavy atom. The molecule has 0 aromatic carbocycles. The number of hydrogen-bond acceptors (Lipinski definition) is 6. The molecule has 22 heavy (non-hydrogen) atoms. The van der Waals surface area contributed by atoms with E-state index in [9.17, 15) is 5.11 Å². The van der Waals surface area contributed by atoms with Crippen molar-refractivity contribution < 1.29 is 9.84 Å². The lowest BCUT2D eigenvalue weighted by Crippen LogP contribution is -2.39. The van der Waals surface area contributed by atoms with Gasteiger partial charge in [-0.25, -0.2) is 9.97 Å². The quantitative estimate of drug-likeness (QED) is 0.656. The van der Waals surface area contributed by atoms with Gasteiger partial charge in [-0.3, -0.25) is 0 Å². The van der Waals surface area contributed by atoms with E-state index in [-0.39, 0.29) is 17.3 Å². The van der Waals surface area contributed by atoms with Crippen LogP contribution < -0.4 is 5.32 Å². The summed E-state index contributed by atoms with van der Waals surface area (Å²) in [7, 11) is 0. The Bertz CT molecular complexity index is 677. The van der Waals surface area contributed by atoms with Gasteiger partial charge in [-0.1, -0.05) is 11.6 Å². The number of aromatic nitrogens is 3. The van der Waals surface area contributed by atoms with Gasteiger partial charge in [0.2, 0.25) is 5.28 Å². The van der Waals surface area contributed by atoms with Crippen LogP contribution in [0.2, 0.25) is 10.4 Å². The average molecular weight is 343 g/mol. The third-order valence-electron chi connectivity index (χ3n) is 4.00. The Morgan fingerprint density at radius 3 is 2.68 bits per heavy atom. The third-order valence-corrected chi connectivity index (χ3v) is 4.38. The SMILES string of the molecule is OCC1(CNc2nc(Cl)nc3ccc(Cl)nc23)CCOCC1. The molecule has 1 saturated heterocycles. The molecule has 6 nitrogen and oxygen atoms in total. The molecule has 8 heteroatoms. The number of anilines is 1. The molecule has 0 radical (unpaired) electrons. The Labute approximate surface area is 137 Å². The van der Waals surface area contributed by atoms with E-state index in [4.69, 9.17) is 27.9 Å². The first-order valence-electron chi connectivity index (χ1n) is 7.04. The van der Waals surface area contributed by atoms with E-state index in [1.54, 1.807) is 12.1 Å². The Balaban J connectivity index is 1.88. The number of aliphatic hydroxyl groups is 1. The maximum atomic E-state index is 9.74. The largest absolute Gasteiger partial charge is 0.396 e. The van der Waals surface area contributed by atoms with Gasteiger partial charge in [-0.2, -0.15) is 4.98 Å². The minimum absolute atomic E-state index is 0.0916. The second-order valence-corrected chi connectivity index (χ2v) is 6.19. The predicted molar refractivity (Wildman–Crippen MR) is 85.4 cm³/mol. The van der Waals surface area contributed by atoms with E-state index in [1.807, 2.05) is 0 Å². The second-order valence-electron chi connectivity index (χ2n) is 5.47. The molecule has 1 aliphatic heterocycles. The van der Waals surface area contributed by atoms with Crippen LogP contribution in [0.15, 0.2) is 12.1 Å². The molecule has 0 unspecified atom stereocenters. The maximum Gasteiger partial charge on any atom is 0.225 e. The van der Waals surface area contributed by atoms with Gasteiger partial charge >= 0.3 is 0 Å². The highest BCUT2D eigenvalue weighted by Gasteiger charge is 2.32. The lowest BCUT2D eigenvalue weighted by Gasteiger charge is -2.35. The minimum atomic E-state index is -0.222. The van der Waals surface area contributed by atoms with E-state index < -0.39 is 0 Å². The molecular formula is C14H16Cl2N4O2. The smallest absolute Gasteiger partial charge is 0.225 e. The van der Waals surface area contributed by atoms with Crippen molar-refractivity contribution in [3.63, 3.8) is 0 Å². The number of nitrogens with zero attached hydrogens (tertiary/aromatic N) is 3. The normalized spacial score (nSPS) is 17.6. The summed E-state index contributed by atoms with van der Waals surface area (Å²) in [5, 5.41) is 13.5. The topological polar surface area (TPSA) is 80.2 Å². The highest BCUT2D eigenvalue weighted by atomic mass is 35.5. The van der Waals surface area contributed by atoms with Crippen molar-refractivity contribution in [3.05, 3.63) is 22.6 Å². The fraction of sp³-hybridized carbons (Fsp3) is 0.500. The zero-order valence-electron chi connectivity index (χ0n) is 11.9. The fourth-order valence-corrected chi connectivity index (χ4v) is 2.87. The van der Waals surface area contributed by atoms with E-state index in [1.165, 1.54) is 0 Å². The van der Waals surface area contributed by atoms with Gasteiger partial charge in [0.25, 0.3) is 0 Å². The predicted octanol–water partition coefficient (Wildman–Crippen LogP) is 2.53. The summed E-state index contributed by atoms with van der Waals surface area (Å²) < 4.78 is 5.37. The third kappa shape index (κ3) is 3.25. The molecule has 0 atom stereocenters. The van der Waals surface area contributed by atoms with Crippen LogP contribution in [0.3, 0.4) is 0 Å². The molecule has 3 heterocycles. The number of rotatable bonds is 4. The van der Waals surface area contributed by atoms with Crippen LogP contribution in [-0.4, -0.2) is 46.4 Å². The van der Waals surface area contributed by atoms with Crippen LogP contribution in [0.5, 0.6) is 0 Å². The molecule has 2 N–H and O–H groups in total. The summed E-state index contributed by atoms with van der Waals surface area (Å²) in [6, 6.07) is 3.41. The average Bonchev–Trinajstić information content (AvgIpc) is 2.54. The number of pyridine rings is 1. The van der Waals surface area contributed by atoms with Gasteiger partial charge in [-0.15, -0.1) is 0 Å². The van der Waals surface area contributed by atoms with E-state index >= 15 is 0 Å². The standard InChI is InChI=1S/C14H16Cl2N4O2/c15-10-2-1-9-11(19-10)12(20-13(16)18-9)17-7-14(8-21)3-5-22-6-4-14/h1-2,21H,3-8H2,(H,17,18,20). The van der Waals surface area contributed by atoms with Crippen LogP contribution in [0, 0.1) is 5.41 Å². The van der Waals surface area contributed by atoms with Gasteiger partial charge in [0, 0.05) is 25.2 Å². The highest BCUT2D eigenvalue weighted by molar-refractivity contribution is 6.30. The molecule has 1 aliphatic rings. The van der Waals surface area contributed by atoms with Crippen molar-refractivity contribution in [3.8, 4) is 0 Å². The van der Waals surface area contributed by atoms with E-state index in [2.05, 4.69) is 20.3 Å². The molecule has 0 aliphatic carbocycles. The Morgan fingerprint density at radius 2 is 1.95 bits per heavy atom. The van der Waals surface area contributed by atoms with Crippen molar-refractivity contribution in [2.75, 3.05) is 31.7 Å². The van der Waals surface area contributed by atoms with E-state index in [0.29, 0.717) is 41.8 Å². The van der Waals surface area contributed by atoms with Gasteiger partial charge < -0.3 is 15.2 Å². The fourth-order valence-electron chi connectivity index (χ4n) is 2.55. The zero-order chi connectivity index (χ0) is 15.6. The van der Waals surface area contributed by atoms with Crippen molar-refractivity contribution in [2.24, 2.45) is 5.41 Å². The minimum Gasteiger partial charge on any atom is -0.396 e. The zero-order valence-corrected chi connectivity index (χ0v) is 13.4. The summed E-state index contributed by atoms with van der Waals surface area (Å²) in [4.78, 5) is 12.6. The van der Waals surface area contributed by atoms with Crippen molar-refractivity contribution in [2.45, 2.75) is 12.8 Å². The molecule has 0 saturated carbocycles. The van der Waals surface area contributed by atoms with Crippen molar-refractivity contribution in [1.82, 2.24) is 15.0 Å². The molecule has 0 bridgehead atoms. The van der Waals surface area contributed by atoms with E-state index in [0.717, 1.165) is 12.8 Å². The molecule has 0 amide bonds. The molecular weight excluding hydrogens is 327 g/mol. The second kappa shape index (κ2) is 6.50. The first-order chi connectivity index (χ1) is 10.6. The molecule has 2 aromatic heterocycles. The number of aliphatic hydroxyl groups excluding tert-OH is 1. The van der Waals surface area contributed by atoms with Crippen molar-refractivity contribution >= 4 is 40.1 Å². The number of ether oxygens (including phenoxy) is 1. The van der Waals surface area contributed by atoms with Gasteiger partial charge in [0.15, 0.2) is 5.82 Å². The number of fused-ring (bicyclic) bond motifs is 1. The van der Waals surface area contributed by atoms with Crippen LogP contribution >= 0.6 is 23.2 Å². The summed E-state index contributed by atoms with van der Waals surface area (Å²) in [6.45, 7) is 1.95. The maximum absolute atomic E-state index is 9.74. The molecule has 118 valence electrons. The Kier molecular flexibility index (Phi) is 4.63. The number of halogens is 2. The first kappa shape index (κ1) is 15.7. The van der Waals surface area contributed by atoms with Crippen LogP contribution in [0.4, 0.5) is 5.82 Å². The van der Waals surface area contributed by atoms with Gasteiger partial charge in [0.05, 0.1) is 12.1 Å². The highest BCUT2D eigenvalue weighted by Crippen LogP contribution is 2.31. The van der Waals surface area contributed by atoms with Gasteiger partial charge in [0.1, 0.15) is 10.7 Å². The summed E-state index contributed by atoms with van der Waals surface area (Å²) in [5.74, 6) is 0.525. The lowest BCUT2D eigenvalue weighted by molar-refractivity contribution is -0.00860. The molecule has 1 fully saturated rings. The lowest BCUT2D eigenvalue weighted by atomic mass is 9.81. The molecule has 2 aromatic rings. The van der Waals surface area contributed by atoms with Crippen LogP contribution in [0.25, 0.3) is 11.0 Å². The monoisotopic (exact) mass is 342 g/mol. The Hall–Kier alpha value is -1.21. The molecule has 0 spiro atoms. The van der Waals surface area contributed by atoms with Crippen molar-refractivity contribution in [1.29, 1.82) is 0 Å². The van der Waals surface area contributed by atoms with Gasteiger partial charge in [-0.05, 0) is 36.6 Å². The number of nitrogens with one attached hydrogen (secondary N) is 1. The van der Waals surface area contributed by atoms with Crippen LogP contribution in [-0.2, 0) is 4.74 Å². The summed E-state index contributed by atoms with van der Waals surface area (Å²) in [6.07, 6.45) is 1.59. The summed E-state index contributed by atoms with van der Waals surface area (Å²) in [5.41, 5.74) is 0.967.